The van der Waals surface area contributed by atoms with Gasteiger partial charge in [-0.1, -0.05) is 272 Å². The van der Waals surface area contributed by atoms with Crippen molar-refractivity contribution in [2.75, 3.05) is 13.2 Å². The Morgan fingerprint density at radius 2 is 0.506 bits per heavy atom. The van der Waals surface area contributed by atoms with Gasteiger partial charge >= 0.3 is 17.9 Å². The fraction of sp³-hybridized carbons (Fsp3) is 0.732. The van der Waals surface area contributed by atoms with Gasteiger partial charge in [-0.3, -0.25) is 14.4 Å². The summed E-state index contributed by atoms with van der Waals surface area (Å²) in [4.78, 5) is 38.3. The average Bonchev–Trinajstić information content (AvgIpc) is 3.43. The lowest BCUT2D eigenvalue weighted by atomic mass is 10.0. The molecule has 1 unspecified atom stereocenters. The first-order chi connectivity index (χ1) is 38.0. The molecule has 0 N–H and O–H groups in total. The van der Waals surface area contributed by atoms with E-state index >= 15 is 0 Å². The molecule has 6 heteroatoms. The van der Waals surface area contributed by atoms with E-state index < -0.39 is 6.10 Å². The molecule has 0 aliphatic heterocycles. The van der Waals surface area contributed by atoms with Crippen molar-refractivity contribution >= 4 is 17.9 Å². The number of allylic oxidation sites excluding steroid dienone is 16. The van der Waals surface area contributed by atoms with Crippen LogP contribution in [0.25, 0.3) is 0 Å². The summed E-state index contributed by atoms with van der Waals surface area (Å²) in [6, 6.07) is 0. The van der Waals surface area contributed by atoms with E-state index in [4.69, 9.17) is 14.2 Å². The van der Waals surface area contributed by atoms with E-state index in [1.54, 1.807) is 0 Å². The molecule has 0 rings (SSSR count). The van der Waals surface area contributed by atoms with Crippen molar-refractivity contribution in [1.82, 2.24) is 0 Å². The van der Waals surface area contributed by atoms with Gasteiger partial charge in [0, 0.05) is 19.3 Å². The quantitative estimate of drug-likeness (QED) is 0.0261. The first-order valence-corrected chi connectivity index (χ1v) is 32.7. The summed E-state index contributed by atoms with van der Waals surface area (Å²) in [5, 5.41) is 0. The average molecular weight is 1070 g/mol. The molecule has 0 aromatic heterocycles. The highest BCUT2D eigenvalue weighted by atomic mass is 16.6. The number of hydrogen-bond donors (Lipinski definition) is 0. The second-order valence-electron chi connectivity index (χ2n) is 21.6. The number of unbranched alkanes of at least 4 members (excludes halogenated alkanes) is 32. The number of ether oxygens (including phenoxy) is 3. The highest BCUT2D eigenvalue weighted by molar-refractivity contribution is 5.71. The number of hydrogen-bond acceptors (Lipinski definition) is 6. The molecule has 0 radical (unpaired) electrons. The lowest BCUT2D eigenvalue weighted by Crippen LogP contribution is -2.30. The predicted molar refractivity (Wildman–Crippen MR) is 334 cm³/mol. The normalized spacial score (nSPS) is 12.7. The molecule has 0 heterocycles. The molecule has 0 aliphatic carbocycles. The topological polar surface area (TPSA) is 78.9 Å². The van der Waals surface area contributed by atoms with Gasteiger partial charge in [0.15, 0.2) is 6.10 Å². The molecular formula is C71H122O6. The minimum absolute atomic E-state index is 0.0853. The molecule has 0 saturated heterocycles. The highest BCUT2D eigenvalue weighted by Crippen LogP contribution is 2.16. The van der Waals surface area contributed by atoms with E-state index in [0.717, 1.165) is 109 Å². The van der Waals surface area contributed by atoms with Crippen molar-refractivity contribution in [3.05, 3.63) is 97.2 Å². The van der Waals surface area contributed by atoms with Gasteiger partial charge < -0.3 is 14.2 Å². The van der Waals surface area contributed by atoms with Crippen LogP contribution in [0.1, 0.15) is 316 Å². The van der Waals surface area contributed by atoms with Gasteiger partial charge in [-0.15, -0.1) is 0 Å². The van der Waals surface area contributed by atoms with Crippen molar-refractivity contribution < 1.29 is 28.6 Å². The summed E-state index contributed by atoms with van der Waals surface area (Å²) in [5.41, 5.74) is 0. The molecule has 0 aliphatic rings. The lowest BCUT2D eigenvalue weighted by Gasteiger charge is -2.18. The van der Waals surface area contributed by atoms with Crippen LogP contribution in [0.4, 0.5) is 0 Å². The molecule has 0 aromatic carbocycles. The Morgan fingerprint density at radius 1 is 0.273 bits per heavy atom. The Bertz CT molecular complexity index is 1510. The summed E-state index contributed by atoms with van der Waals surface area (Å²) in [5.74, 6) is -0.896. The summed E-state index contributed by atoms with van der Waals surface area (Å²) >= 11 is 0. The maximum absolute atomic E-state index is 12.9. The van der Waals surface area contributed by atoms with Crippen LogP contribution >= 0.6 is 0 Å². The number of esters is 3. The molecule has 1 atom stereocenters. The molecule has 0 saturated carbocycles. The van der Waals surface area contributed by atoms with Gasteiger partial charge in [-0.25, -0.2) is 0 Å². The van der Waals surface area contributed by atoms with Gasteiger partial charge in [0.2, 0.25) is 0 Å². The molecule has 442 valence electrons. The standard InChI is InChI=1S/C71H122O6/c1-4-7-10-13-16-19-22-25-27-29-31-33-35-37-39-41-43-46-49-52-55-58-61-64-70(73)76-67-68(66-75-69(72)63-60-57-54-51-48-45-24-21-18-15-12-9-6-3)77-71(74)65-62-59-56-53-50-47-44-42-40-38-36-34-32-30-28-26-23-20-17-14-11-8-5-2/h7,10,16,19,21,23-27,30-33,37,39,68H,4-6,8-9,11-15,17-18,20,22,28-29,34-36,38,40-67H2,1-3H3/b10-7-,19-16-,24-21-,26-23-,27-25-,32-30-,33-31-,39-37-. The van der Waals surface area contributed by atoms with E-state index in [0.29, 0.717) is 19.3 Å². The number of carbonyl (C=O) groups excluding carboxylic acids is 3. The van der Waals surface area contributed by atoms with Gasteiger partial charge in [0.05, 0.1) is 0 Å². The summed E-state index contributed by atoms with van der Waals surface area (Å²) < 4.78 is 16.9. The second-order valence-corrected chi connectivity index (χ2v) is 21.6. The van der Waals surface area contributed by atoms with Crippen LogP contribution in [0.15, 0.2) is 97.2 Å². The zero-order chi connectivity index (χ0) is 55.7. The zero-order valence-electron chi connectivity index (χ0n) is 50.7. The van der Waals surface area contributed by atoms with Gasteiger partial charge in [-0.05, 0) is 122 Å². The van der Waals surface area contributed by atoms with E-state index in [2.05, 4.69) is 118 Å². The van der Waals surface area contributed by atoms with Crippen LogP contribution in [-0.2, 0) is 28.6 Å². The maximum Gasteiger partial charge on any atom is 0.306 e. The number of carbonyl (C=O) groups is 3. The molecule has 0 aromatic rings. The van der Waals surface area contributed by atoms with Crippen molar-refractivity contribution in [1.29, 1.82) is 0 Å². The van der Waals surface area contributed by atoms with E-state index in [-0.39, 0.29) is 31.1 Å². The molecule has 0 amide bonds. The van der Waals surface area contributed by atoms with Crippen LogP contribution in [0.5, 0.6) is 0 Å². The van der Waals surface area contributed by atoms with E-state index in [1.807, 2.05) is 0 Å². The fourth-order valence-corrected chi connectivity index (χ4v) is 9.14. The molecule has 6 nitrogen and oxygen atoms in total. The summed E-state index contributed by atoms with van der Waals surface area (Å²) in [7, 11) is 0. The molecule has 77 heavy (non-hydrogen) atoms. The van der Waals surface area contributed by atoms with Gasteiger partial charge in [-0.2, -0.15) is 0 Å². The van der Waals surface area contributed by atoms with Crippen LogP contribution in [0.2, 0.25) is 0 Å². The molecular weight excluding hydrogens is 949 g/mol. The minimum atomic E-state index is -0.789. The van der Waals surface area contributed by atoms with Gasteiger partial charge in [0.25, 0.3) is 0 Å². The van der Waals surface area contributed by atoms with Crippen molar-refractivity contribution in [3.8, 4) is 0 Å². The van der Waals surface area contributed by atoms with Crippen LogP contribution in [-0.4, -0.2) is 37.2 Å². The third-order valence-corrected chi connectivity index (χ3v) is 14.0. The molecule has 0 fully saturated rings. The van der Waals surface area contributed by atoms with Crippen molar-refractivity contribution in [2.24, 2.45) is 0 Å². The summed E-state index contributed by atoms with van der Waals surface area (Å²) in [6.07, 6.45) is 86.9. The largest absolute Gasteiger partial charge is 0.462 e. The lowest BCUT2D eigenvalue weighted by molar-refractivity contribution is -0.167. The molecule has 0 bridgehead atoms. The van der Waals surface area contributed by atoms with E-state index in [1.165, 1.54) is 167 Å². The predicted octanol–water partition coefficient (Wildman–Crippen LogP) is 22.4. The number of rotatable bonds is 59. The smallest absolute Gasteiger partial charge is 0.306 e. The maximum atomic E-state index is 12.9. The van der Waals surface area contributed by atoms with Crippen LogP contribution in [0, 0.1) is 0 Å². The Kier molecular flexibility index (Phi) is 61.8. The summed E-state index contributed by atoms with van der Waals surface area (Å²) in [6.45, 7) is 6.51. The van der Waals surface area contributed by atoms with Crippen molar-refractivity contribution in [3.63, 3.8) is 0 Å². The SMILES string of the molecule is CC/C=C\C/C=C\C/C=C\C/C=C\C/C=C\CCCCCCCCCC(=O)OCC(COC(=O)CCCCCCC/C=C\CCCCCC)OC(=O)CCCCCCCCCCCCC/C=C\C/C=C\CCCCCCC. The Morgan fingerprint density at radius 3 is 0.818 bits per heavy atom. The highest BCUT2D eigenvalue weighted by Gasteiger charge is 2.19. The van der Waals surface area contributed by atoms with E-state index in [9.17, 15) is 14.4 Å². The Balaban J connectivity index is 4.36. The first kappa shape index (κ1) is 73.3. The third kappa shape index (κ3) is 63.0. The second kappa shape index (κ2) is 64.9. The monoisotopic (exact) mass is 1070 g/mol. The van der Waals surface area contributed by atoms with Crippen LogP contribution < -0.4 is 0 Å². The third-order valence-electron chi connectivity index (χ3n) is 14.0. The van der Waals surface area contributed by atoms with Crippen molar-refractivity contribution in [2.45, 2.75) is 322 Å². The van der Waals surface area contributed by atoms with Crippen LogP contribution in [0.3, 0.4) is 0 Å². The Labute approximate surface area is 477 Å². The Hall–Kier alpha value is -3.67. The zero-order valence-corrected chi connectivity index (χ0v) is 50.7. The fourth-order valence-electron chi connectivity index (χ4n) is 9.14. The molecule has 0 spiro atoms. The first-order valence-electron chi connectivity index (χ1n) is 32.7. The minimum Gasteiger partial charge on any atom is -0.462 e. The van der Waals surface area contributed by atoms with Gasteiger partial charge in [0.1, 0.15) is 13.2 Å².